The van der Waals surface area contributed by atoms with Crippen LogP contribution in [0.5, 0.6) is 11.5 Å². The second-order valence-corrected chi connectivity index (χ2v) is 10.5. The molecular formula is C28H33N3O6S. The van der Waals surface area contributed by atoms with Crippen molar-refractivity contribution in [2.45, 2.75) is 19.0 Å². The van der Waals surface area contributed by atoms with Crippen LogP contribution in [0.4, 0.5) is 5.69 Å². The Bertz CT molecular complexity index is 1330. The van der Waals surface area contributed by atoms with E-state index in [0.29, 0.717) is 5.75 Å². The number of likely N-dealkylation sites (N-methyl/N-ethyl adjacent to an activating group) is 1. The van der Waals surface area contributed by atoms with Crippen LogP contribution in [0.2, 0.25) is 0 Å². The summed E-state index contributed by atoms with van der Waals surface area (Å²) in [6, 6.07) is 22.4. The minimum absolute atomic E-state index is 0.109. The van der Waals surface area contributed by atoms with E-state index in [0.717, 1.165) is 21.7 Å². The largest absolute Gasteiger partial charge is 0.497 e. The number of ether oxygens (including phenoxy) is 2. The molecule has 0 aliphatic heterocycles. The van der Waals surface area contributed by atoms with Crippen molar-refractivity contribution in [3.05, 3.63) is 90.0 Å². The molecule has 3 aromatic rings. The highest BCUT2D eigenvalue weighted by Crippen LogP contribution is 2.34. The molecule has 1 unspecified atom stereocenters. The van der Waals surface area contributed by atoms with Crippen LogP contribution in [-0.4, -0.2) is 65.2 Å². The van der Waals surface area contributed by atoms with Crippen molar-refractivity contribution in [2.24, 2.45) is 0 Å². The number of amides is 2. The number of nitrogens with zero attached hydrogens (tertiary/aromatic N) is 2. The molecule has 1 atom stereocenters. The lowest BCUT2D eigenvalue weighted by Gasteiger charge is -2.33. The molecule has 10 heteroatoms. The quantitative estimate of drug-likeness (QED) is 0.380. The minimum atomic E-state index is -3.94. The minimum Gasteiger partial charge on any atom is -0.497 e. The van der Waals surface area contributed by atoms with E-state index < -0.39 is 28.5 Å². The van der Waals surface area contributed by atoms with E-state index in [1.807, 2.05) is 60.7 Å². The smallest absolute Gasteiger partial charge is 0.244 e. The Kier molecular flexibility index (Phi) is 9.72. The molecule has 0 aliphatic rings. The predicted molar refractivity (Wildman–Crippen MR) is 147 cm³/mol. The van der Waals surface area contributed by atoms with Crippen LogP contribution < -0.4 is 19.1 Å². The fraction of sp³-hybridized carbons (Fsp3) is 0.286. The second-order valence-electron chi connectivity index (χ2n) is 8.63. The Morgan fingerprint density at radius 1 is 0.895 bits per heavy atom. The number of rotatable bonds is 12. The third-order valence-corrected chi connectivity index (χ3v) is 7.17. The van der Waals surface area contributed by atoms with Crippen molar-refractivity contribution in [3.8, 4) is 11.5 Å². The molecule has 2 amide bonds. The van der Waals surface area contributed by atoms with Gasteiger partial charge in [-0.25, -0.2) is 8.42 Å². The average Bonchev–Trinajstić information content (AvgIpc) is 2.93. The molecular weight excluding hydrogens is 506 g/mol. The fourth-order valence-corrected chi connectivity index (χ4v) is 4.93. The summed E-state index contributed by atoms with van der Waals surface area (Å²) < 4.78 is 37.5. The van der Waals surface area contributed by atoms with Gasteiger partial charge in [-0.05, 0) is 23.3 Å². The van der Waals surface area contributed by atoms with E-state index >= 15 is 0 Å². The van der Waals surface area contributed by atoms with Crippen molar-refractivity contribution in [1.29, 1.82) is 0 Å². The third-order valence-electron chi connectivity index (χ3n) is 6.05. The van der Waals surface area contributed by atoms with E-state index in [1.54, 1.807) is 12.1 Å². The summed E-state index contributed by atoms with van der Waals surface area (Å²) in [6.45, 7) is -0.436. The van der Waals surface area contributed by atoms with Crippen molar-refractivity contribution in [2.75, 3.05) is 38.4 Å². The lowest BCUT2D eigenvalue weighted by molar-refractivity contribution is -0.139. The van der Waals surface area contributed by atoms with Crippen LogP contribution in [0.25, 0.3) is 0 Å². The molecule has 3 rings (SSSR count). The van der Waals surface area contributed by atoms with Crippen LogP contribution in [0.3, 0.4) is 0 Å². The fourth-order valence-electron chi connectivity index (χ4n) is 4.09. The van der Waals surface area contributed by atoms with Gasteiger partial charge in [0.2, 0.25) is 21.8 Å². The van der Waals surface area contributed by atoms with Gasteiger partial charge in [-0.3, -0.25) is 13.9 Å². The first kappa shape index (κ1) is 28.5. The molecule has 0 heterocycles. The number of hydrogen-bond acceptors (Lipinski definition) is 6. The van der Waals surface area contributed by atoms with Gasteiger partial charge >= 0.3 is 0 Å². The lowest BCUT2D eigenvalue weighted by Crippen LogP contribution is -2.52. The van der Waals surface area contributed by atoms with Crippen molar-refractivity contribution in [1.82, 2.24) is 10.2 Å². The van der Waals surface area contributed by atoms with Gasteiger partial charge in [0, 0.05) is 26.1 Å². The summed E-state index contributed by atoms with van der Waals surface area (Å²) in [4.78, 5) is 28.5. The topological polar surface area (TPSA) is 105 Å². The Morgan fingerprint density at radius 2 is 1.50 bits per heavy atom. The van der Waals surface area contributed by atoms with Gasteiger partial charge in [0.25, 0.3) is 0 Å². The number of sulfonamides is 1. The molecule has 0 bridgehead atoms. The summed E-state index contributed by atoms with van der Waals surface area (Å²) in [5.74, 6) is -0.252. The maximum Gasteiger partial charge on any atom is 0.244 e. The first-order chi connectivity index (χ1) is 18.2. The van der Waals surface area contributed by atoms with Crippen molar-refractivity contribution < 1.29 is 27.5 Å². The van der Waals surface area contributed by atoms with Crippen LogP contribution in [0.15, 0.2) is 78.9 Å². The number of benzene rings is 3. The summed E-state index contributed by atoms with van der Waals surface area (Å²) >= 11 is 0. The van der Waals surface area contributed by atoms with Crippen molar-refractivity contribution >= 4 is 27.5 Å². The van der Waals surface area contributed by atoms with Crippen LogP contribution in [0, 0.1) is 0 Å². The van der Waals surface area contributed by atoms with E-state index in [2.05, 4.69) is 5.32 Å². The zero-order valence-corrected chi connectivity index (χ0v) is 22.8. The van der Waals surface area contributed by atoms with Gasteiger partial charge in [-0.15, -0.1) is 0 Å². The first-order valence-electron chi connectivity index (χ1n) is 12.0. The molecule has 1 N–H and O–H groups in total. The molecule has 0 saturated heterocycles. The van der Waals surface area contributed by atoms with Crippen molar-refractivity contribution in [3.63, 3.8) is 0 Å². The van der Waals surface area contributed by atoms with E-state index in [4.69, 9.17) is 9.47 Å². The van der Waals surface area contributed by atoms with Crippen LogP contribution in [0.1, 0.15) is 11.1 Å². The highest BCUT2D eigenvalue weighted by Gasteiger charge is 2.33. The number of nitrogens with one attached hydrogen (secondary N) is 1. The highest BCUT2D eigenvalue weighted by molar-refractivity contribution is 7.92. The zero-order valence-electron chi connectivity index (χ0n) is 22.0. The molecule has 9 nitrogen and oxygen atoms in total. The standard InChI is InChI=1S/C28H33N3O6S/c1-29-28(33)25(17-21-11-7-5-8-12-21)30(19-22-13-9-6-10-14-22)27(32)20-31(38(4,34)35)24-18-23(36-2)15-16-26(24)37-3/h5-16,18,25H,17,19-20H2,1-4H3,(H,29,33). The van der Waals surface area contributed by atoms with Crippen LogP contribution >= 0.6 is 0 Å². The monoisotopic (exact) mass is 539 g/mol. The number of methoxy groups -OCH3 is 2. The summed E-state index contributed by atoms with van der Waals surface area (Å²) in [5, 5.41) is 2.65. The molecule has 0 radical (unpaired) electrons. The number of anilines is 1. The summed E-state index contributed by atoms with van der Waals surface area (Å²) in [5.41, 5.74) is 1.82. The molecule has 0 saturated carbocycles. The van der Waals surface area contributed by atoms with Gasteiger partial charge in [-0.1, -0.05) is 60.7 Å². The Balaban J connectivity index is 2.06. The summed E-state index contributed by atoms with van der Waals surface area (Å²) in [6.07, 6.45) is 1.27. The number of carbonyl (C=O) groups is 2. The number of carbonyl (C=O) groups excluding carboxylic acids is 2. The van der Waals surface area contributed by atoms with Gasteiger partial charge in [-0.2, -0.15) is 0 Å². The Hall–Kier alpha value is -4.05. The van der Waals surface area contributed by atoms with Gasteiger partial charge in [0.05, 0.1) is 26.2 Å². The molecule has 0 aliphatic carbocycles. The second kappa shape index (κ2) is 13.0. The van der Waals surface area contributed by atoms with Gasteiger partial charge < -0.3 is 19.7 Å². The third kappa shape index (κ3) is 7.25. The maximum atomic E-state index is 14.0. The first-order valence-corrected chi connectivity index (χ1v) is 13.8. The number of hydrogen-bond donors (Lipinski definition) is 1. The summed E-state index contributed by atoms with van der Waals surface area (Å²) in [7, 11) is 0.444. The average molecular weight is 540 g/mol. The normalized spacial score (nSPS) is 11.8. The predicted octanol–water partition coefficient (Wildman–Crippen LogP) is 2.86. The SMILES string of the molecule is CNC(=O)C(Cc1ccccc1)N(Cc1ccccc1)C(=O)CN(c1cc(OC)ccc1OC)S(C)(=O)=O. The van der Waals surface area contributed by atoms with E-state index in [-0.39, 0.29) is 30.3 Å². The molecule has 3 aromatic carbocycles. The zero-order chi connectivity index (χ0) is 27.7. The van der Waals surface area contributed by atoms with E-state index in [1.165, 1.54) is 32.2 Å². The van der Waals surface area contributed by atoms with E-state index in [9.17, 15) is 18.0 Å². The molecule has 0 aromatic heterocycles. The molecule has 0 spiro atoms. The Labute approximate surface area is 224 Å². The molecule has 202 valence electrons. The lowest BCUT2D eigenvalue weighted by atomic mass is 10.0. The molecule has 0 fully saturated rings. The highest BCUT2D eigenvalue weighted by atomic mass is 32.2. The Morgan fingerprint density at radius 3 is 2.03 bits per heavy atom. The van der Waals surface area contributed by atoms with Gasteiger partial charge in [0.1, 0.15) is 24.1 Å². The van der Waals surface area contributed by atoms with Crippen LogP contribution in [-0.2, 0) is 32.6 Å². The van der Waals surface area contributed by atoms with Gasteiger partial charge in [0.15, 0.2) is 0 Å². The maximum absolute atomic E-state index is 14.0. The molecule has 38 heavy (non-hydrogen) atoms.